The van der Waals surface area contributed by atoms with Gasteiger partial charge in [0.15, 0.2) is 5.78 Å². The molecule has 0 atom stereocenters. The normalized spacial score (nSPS) is 9.69. The smallest absolute Gasteiger partial charge is 0.249 e. The van der Waals surface area contributed by atoms with Crippen molar-refractivity contribution in [3.63, 3.8) is 0 Å². The molecule has 0 heterocycles. The van der Waals surface area contributed by atoms with Gasteiger partial charge in [-0.2, -0.15) is 0 Å². The molecule has 0 aliphatic heterocycles. The molecular weight excluding hydrogens is 787 g/mol. The highest BCUT2D eigenvalue weighted by molar-refractivity contribution is 6.09. The first-order valence-electron chi connectivity index (χ1n) is 20.6. The molecule has 5 nitrogen and oxygen atoms in total. The van der Waals surface area contributed by atoms with Gasteiger partial charge in [-0.05, 0) is 194 Å². The van der Waals surface area contributed by atoms with Gasteiger partial charge in [0, 0.05) is 16.7 Å². The van der Waals surface area contributed by atoms with Crippen molar-refractivity contribution in [3.05, 3.63) is 223 Å². The second kappa shape index (κ2) is 26.0. The van der Waals surface area contributed by atoms with Gasteiger partial charge in [-0.25, -0.2) is 0 Å². The molecular formula is C59H73NO4. The number of carbonyl (C=O) groups is 2. The Kier molecular flexibility index (Phi) is 22.5. The third kappa shape index (κ3) is 16.9. The summed E-state index contributed by atoms with van der Waals surface area (Å²) in [5, 5.41) is 0. The zero-order valence-corrected chi connectivity index (χ0v) is 38.0. The Morgan fingerprint density at radius 2 is 0.609 bits per heavy atom. The van der Waals surface area contributed by atoms with Crippen LogP contribution in [-0.2, 0) is 0 Å². The fourth-order valence-electron chi connectivity index (χ4n) is 6.06. The largest absolute Gasteiger partial charge is 0.457 e. The predicted octanol–water partition coefficient (Wildman–Crippen LogP) is 16.3. The topological polar surface area (TPSA) is 78.6 Å². The second-order valence-electron chi connectivity index (χ2n) is 15.9. The number of primary amides is 1. The molecule has 338 valence electrons. The van der Waals surface area contributed by atoms with Crippen molar-refractivity contribution in [2.75, 3.05) is 0 Å². The molecule has 0 bridgehead atoms. The summed E-state index contributed by atoms with van der Waals surface area (Å²) in [6.07, 6.45) is 0. The van der Waals surface area contributed by atoms with E-state index >= 15 is 0 Å². The van der Waals surface area contributed by atoms with Gasteiger partial charge < -0.3 is 15.2 Å². The van der Waals surface area contributed by atoms with E-state index in [-0.39, 0.29) is 28.1 Å². The highest BCUT2D eigenvalue weighted by Crippen LogP contribution is 2.25. The van der Waals surface area contributed by atoms with Gasteiger partial charge in [0.25, 0.3) is 0 Å². The molecule has 0 aromatic heterocycles. The first-order chi connectivity index (χ1) is 28.9. The molecule has 0 aliphatic rings. The van der Waals surface area contributed by atoms with Crippen LogP contribution in [0.25, 0.3) is 0 Å². The van der Waals surface area contributed by atoms with E-state index < -0.39 is 5.91 Å². The Hall–Kier alpha value is -6.72. The Labute approximate surface area is 386 Å². The third-order valence-corrected chi connectivity index (χ3v) is 10.7. The van der Waals surface area contributed by atoms with E-state index in [4.69, 9.17) is 15.2 Å². The number of amides is 1. The van der Waals surface area contributed by atoms with Gasteiger partial charge in [-0.15, -0.1) is 0 Å². The van der Waals surface area contributed by atoms with Crippen LogP contribution in [0.1, 0.15) is 115 Å². The highest BCUT2D eigenvalue weighted by Gasteiger charge is 2.11. The number of hydrogen-bond acceptors (Lipinski definition) is 4. The van der Waals surface area contributed by atoms with E-state index in [2.05, 4.69) is 67.5 Å². The lowest BCUT2D eigenvalue weighted by atomic mass is 9.97. The van der Waals surface area contributed by atoms with Crippen LogP contribution < -0.4 is 15.2 Å². The lowest BCUT2D eigenvalue weighted by Crippen LogP contribution is -2.12. The van der Waals surface area contributed by atoms with Gasteiger partial charge >= 0.3 is 0 Å². The Morgan fingerprint density at radius 1 is 0.328 bits per heavy atom. The van der Waals surface area contributed by atoms with Crippen LogP contribution in [0.5, 0.6) is 23.0 Å². The molecule has 7 aromatic carbocycles. The Morgan fingerprint density at radius 3 is 0.922 bits per heavy atom. The first kappa shape index (κ1) is 55.3. The molecule has 7 rings (SSSR count). The van der Waals surface area contributed by atoms with Crippen molar-refractivity contribution < 1.29 is 19.1 Å². The van der Waals surface area contributed by atoms with E-state index in [0.29, 0.717) is 11.3 Å². The summed E-state index contributed by atoms with van der Waals surface area (Å²) in [4.78, 5) is 23.6. The fourth-order valence-corrected chi connectivity index (χ4v) is 6.06. The van der Waals surface area contributed by atoms with E-state index in [1.165, 1.54) is 50.1 Å². The molecule has 0 spiro atoms. The molecule has 5 heteroatoms. The van der Waals surface area contributed by atoms with Crippen LogP contribution in [-0.4, -0.2) is 11.7 Å². The predicted molar refractivity (Wildman–Crippen MR) is 274 cm³/mol. The lowest BCUT2D eigenvalue weighted by Gasteiger charge is -2.08. The van der Waals surface area contributed by atoms with Crippen molar-refractivity contribution in [1.82, 2.24) is 0 Å². The number of carbonyl (C=O) groups excluding carboxylic acids is 2. The van der Waals surface area contributed by atoms with E-state index in [1.54, 1.807) is 6.07 Å². The molecule has 1 amide bonds. The summed E-state index contributed by atoms with van der Waals surface area (Å²) in [5.74, 6) is 2.76. The summed E-state index contributed by atoms with van der Waals surface area (Å²) < 4.78 is 11.4. The van der Waals surface area contributed by atoms with Crippen LogP contribution in [0.3, 0.4) is 0 Å². The van der Waals surface area contributed by atoms with Crippen molar-refractivity contribution in [2.45, 2.75) is 105 Å². The summed E-state index contributed by atoms with van der Waals surface area (Å²) in [5.41, 5.74) is 22.1. The Bertz CT molecular complexity index is 2420. The number of nitrogens with two attached hydrogens (primary N) is 1. The number of ketones is 1. The molecule has 7 aromatic rings. The zero-order chi connectivity index (χ0) is 44.8. The summed E-state index contributed by atoms with van der Waals surface area (Å²) in [6, 6.07) is 45.4. The number of aryl methyl sites for hydroxylation is 12. The minimum atomic E-state index is -0.443. The van der Waals surface area contributed by atoms with E-state index in [9.17, 15) is 9.59 Å². The van der Waals surface area contributed by atoms with Gasteiger partial charge in [-0.1, -0.05) is 118 Å². The zero-order valence-electron chi connectivity index (χ0n) is 38.0. The van der Waals surface area contributed by atoms with Gasteiger partial charge in [0.05, 0.1) is 0 Å². The minimum Gasteiger partial charge on any atom is -0.457 e. The van der Waals surface area contributed by atoms with Crippen LogP contribution >= 0.6 is 0 Å². The quantitative estimate of drug-likeness (QED) is 0.162. The average Bonchev–Trinajstić information content (AvgIpc) is 3.23. The van der Waals surface area contributed by atoms with Crippen LogP contribution in [0, 0.1) is 83.1 Å². The fraction of sp³-hybridized carbons (Fsp3) is 0.254. The van der Waals surface area contributed by atoms with E-state index in [1.807, 2.05) is 149 Å². The first-order valence-corrected chi connectivity index (χ1v) is 20.6. The average molecular weight is 860 g/mol. The molecule has 0 saturated heterocycles. The summed E-state index contributed by atoms with van der Waals surface area (Å²) >= 11 is 0. The summed E-state index contributed by atoms with van der Waals surface area (Å²) in [6.45, 7) is 24.8. The van der Waals surface area contributed by atoms with Crippen LogP contribution in [0.2, 0.25) is 0 Å². The van der Waals surface area contributed by atoms with E-state index in [0.717, 1.165) is 45.1 Å². The van der Waals surface area contributed by atoms with Gasteiger partial charge in [0.1, 0.15) is 23.0 Å². The number of ether oxygens (including phenoxy) is 2. The summed E-state index contributed by atoms with van der Waals surface area (Å²) in [7, 11) is 0. The molecule has 0 fully saturated rings. The standard InChI is InChI=1S/C17H18O.C15H15NO2.C14H14O.C10H14.3CH4/c1-11-5-7-15(9-13(11)3)17(18)16-8-6-12(2)14(4)10-16;1-10-3-6-12(7-4-10)18-13-8-5-11(2)14(9-13)15(16)17;1-11-3-7-13(8-4-11)15-14-9-5-12(2)6-10-14;1-7-5-9(3)10(4)6-8(7)2;;;/h5-10H,1-4H3;3-9H,1-2H3,(H2,16,17);3-10H,1-2H3;5-6H,1-4H3;3*1H4. The second-order valence-corrected chi connectivity index (χ2v) is 15.9. The number of benzene rings is 7. The molecule has 0 saturated carbocycles. The minimum absolute atomic E-state index is 0. The molecule has 2 N–H and O–H groups in total. The molecule has 64 heavy (non-hydrogen) atoms. The van der Waals surface area contributed by atoms with Crippen LogP contribution in [0.15, 0.2) is 140 Å². The Balaban J connectivity index is 0.000000428. The lowest BCUT2D eigenvalue weighted by molar-refractivity contribution is 0.0997. The highest BCUT2D eigenvalue weighted by atomic mass is 16.5. The maximum atomic E-state index is 12.4. The van der Waals surface area contributed by atoms with Gasteiger partial charge in [-0.3, -0.25) is 9.59 Å². The maximum absolute atomic E-state index is 12.4. The van der Waals surface area contributed by atoms with Crippen LogP contribution in [0.4, 0.5) is 0 Å². The van der Waals surface area contributed by atoms with Gasteiger partial charge in [0.2, 0.25) is 5.91 Å². The van der Waals surface area contributed by atoms with Crippen molar-refractivity contribution >= 4 is 11.7 Å². The SMILES string of the molecule is C.C.C.Cc1cc(C)c(C)cc1C.Cc1ccc(C(=O)c2ccc(C)c(C)c2)cc1C.Cc1ccc(Oc2ccc(C)c(C(N)=O)c2)cc1.Cc1ccc(Oc2ccc(C)cc2)cc1. The molecule has 0 radical (unpaired) electrons. The third-order valence-electron chi connectivity index (χ3n) is 10.7. The maximum Gasteiger partial charge on any atom is 0.249 e. The monoisotopic (exact) mass is 860 g/mol. The number of hydrogen-bond donors (Lipinski definition) is 1. The van der Waals surface area contributed by atoms with Crippen molar-refractivity contribution in [3.8, 4) is 23.0 Å². The molecule has 0 aliphatic carbocycles. The molecule has 0 unspecified atom stereocenters. The van der Waals surface area contributed by atoms with Crippen molar-refractivity contribution in [2.24, 2.45) is 5.73 Å². The van der Waals surface area contributed by atoms with Crippen molar-refractivity contribution in [1.29, 1.82) is 0 Å². The number of rotatable bonds is 7.